The molecule has 0 aliphatic carbocycles. The summed E-state index contributed by atoms with van der Waals surface area (Å²) in [5, 5.41) is 21.5. The Morgan fingerprint density at radius 1 is 1.22 bits per heavy atom. The summed E-state index contributed by atoms with van der Waals surface area (Å²) in [6.07, 6.45) is -2.54. The highest BCUT2D eigenvalue weighted by atomic mass is 16.6. The topological polar surface area (TPSA) is 105 Å². The summed E-state index contributed by atoms with van der Waals surface area (Å²) < 4.78 is 10.2. The van der Waals surface area contributed by atoms with E-state index in [4.69, 9.17) is 14.6 Å². The summed E-state index contributed by atoms with van der Waals surface area (Å²) in [7, 11) is 1.52. The number of aliphatic hydroxyl groups excluding tert-OH is 1. The molecule has 1 aromatic rings. The van der Waals surface area contributed by atoms with Gasteiger partial charge in [0.15, 0.2) is 0 Å². The van der Waals surface area contributed by atoms with Crippen LogP contribution in [-0.2, 0) is 9.53 Å². The smallest absolute Gasteiger partial charge is 0.408 e. The van der Waals surface area contributed by atoms with E-state index in [-0.39, 0.29) is 0 Å². The molecule has 1 aromatic carbocycles. The van der Waals surface area contributed by atoms with Crippen molar-refractivity contribution in [3.63, 3.8) is 0 Å². The molecule has 0 fully saturated rings. The molecule has 0 aliphatic rings. The third-order valence-electron chi connectivity index (χ3n) is 2.92. The van der Waals surface area contributed by atoms with E-state index in [1.165, 1.54) is 7.11 Å². The molecule has 0 unspecified atom stereocenters. The van der Waals surface area contributed by atoms with Crippen LogP contribution in [0.4, 0.5) is 4.79 Å². The standard InChI is InChI=1S/C16H23NO6/c1-16(2,3)23-15(21)17-14(12(18)9-13(19)20)10-5-7-11(22-4)8-6-10/h5-8,12,14,18H,9H2,1-4H3,(H,17,21)(H,19,20)/t12-,14+/m1/s1. The van der Waals surface area contributed by atoms with Crippen LogP contribution >= 0.6 is 0 Å². The van der Waals surface area contributed by atoms with E-state index in [0.717, 1.165) is 0 Å². The fourth-order valence-electron chi connectivity index (χ4n) is 1.94. The summed E-state index contributed by atoms with van der Waals surface area (Å²) in [6, 6.07) is 5.70. The lowest BCUT2D eigenvalue weighted by atomic mass is 9.99. The van der Waals surface area contributed by atoms with E-state index >= 15 is 0 Å². The molecule has 0 aliphatic heterocycles. The van der Waals surface area contributed by atoms with Crippen LogP contribution in [0.1, 0.15) is 38.8 Å². The maximum absolute atomic E-state index is 11.9. The number of benzene rings is 1. The molecule has 7 heteroatoms. The number of carbonyl (C=O) groups excluding carboxylic acids is 1. The summed E-state index contributed by atoms with van der Waals surface area (Å²) >= 11 is 0. The van der Waals surface area contributed by atoms with Crippen molar-refractivity contribution in [2.24, 2.45) is 0 Å². The fraction of sp³-hybridized carbons (Fsp3) is 0.500. The zero-order chi connectivity index (χ0) is 17.6. The monoisotopic (exact) mass is 325 g/mol. The first kappa shape index (κ1) is 18.8. The molecular formula is C16H23NO6. The Bertz CT molecular complexity index is 534. The number of aliphatic hydroxyl groups is 1. The first-order valence-corrected chi connectivity index (χ1v) is 7.15. The summed E-state index contributed by atoms with van der Waals surface area (Å²) in [5.74, 6) is -0.556. The first-order valence-electron chi connectivity index (χ1n) is 7.15. The van der Waals surface area contributed by atoms with Crippen LogP contribution in [0.3, 0.4) is 0 Å². The Balaban J connectivity index is 2.96. The first-order chi connectivity index (χ1) is 10.6. The van der Waals surface area contributed by atoms with Crippen LogP contribution in [0.5, 0.6) is 5.75 Å². The van der Waals surface area contributed by atoms with Crippen LogP contribution < -0.4 is 10.1 Å². The van der Waals surface area contributed by atoms with Gasteiger partial charge in [0, 0.05) is 0 Å². The second-order valence-corrected chi connectivity index (χ2v) is 6.06. The van der Waals surface area contributed by atoms with Crippen molar-refractivity contribution in [3.8, 4) is 5.75 Å². The Kier molecular flexibility index (Phi) is 6.38. The molecule has 2 atom stereocenters. The van der Waals surface area contributed by atoms with Gasteiger partial charge in [-0.1, -0.05) is 12.1 Å². The minimum Gasteiger partial charge on any atom is -0.497 e. The van der Waals surface area contributed by atoms with Crippen LogP contribution in [0.15, 0.2) is 24.3 Å². The third kappa shape index (κ3) is 6.56. The molecule has 7 nitrogen and oxygen atoms in total. The lowest BCUT2D eigenvalue weighted by molar-refractivity contribution is -0.139. The number of nitrogens with one attached hydrogen (secondary N) is 1. The number of carbonyl (C=O) groups is 2. The normalized spacial score (nSPS) is 13.8. The number of hydrogen-bond donors (Lipinski definition) is 3. The highest BCUT2D eigenvalue weighted by Crippen LogP contribution is 2.23. The van der Waals surface area contributed by atoms with Gasteiger partial charge in [0.25, 0.3) is 0 Å². The van der Waals surface area contributed by atoms with Gasteiger partial charge < -0.3 is 25.0 Å². The van der Waals surface area contributed by atoms with E-state index in [0.29, 0.717) is 11.3 Å². The van der Waals surface area contributed by atoms with Crippen molar-refractivity contribution in [2.75, 3.05) is 7.11 Å². The zero-order valence-electron chi connectivity index (χ0n) is 13.7. The SMILES string of the molecule is COc1ccc([C@H](NC(=O)OC(C)(C)C)[C@H](O)CC(=O)O)cc1. The van der Waals surface area contributed by atoms with E-state index in [1.807, 2.05) is 0 Å². The molecular weight excluding hydrogens is 302 g/mol. The Morgan fingerprint density at radius 3 is 2.22 bits per heavy atom. The van der Waals surface area contributed by atoms with Crippen molar-refractivity contribution < 1.29 is 29.3 Å². The van der Waals surface area contributed by atoms with Gasteiger partial charge in [0.1, 0.15) is 11.4 Å². The summed E-state index contributed by atoms with van der Waals surface area (Å²) in [6.45, 7) is 5.13. The molecule has 0 saturated heterocycles. The molecule has 1 amide bonds. The number of hydrogen-bond acceptors (Lipinski definition) is 5. The Morgan fingerprint density at radius 2 is 1.78 bits per heavy atom. The second kappa shape index (κ2) is 7.82. The maximum atomic E-state index is 11.9. The molecule has 23 heavy (non-hydrogen) atoms. The van der Waals surface area contributed by atoms with Gasteiger partial charge in [-0.25, -0.2) is 4.79 Å². The molecule has 3 N–H and O–H groups in total. The van der Waals surface area contributed by atoms with Crippen molar-refractivity contribution in [1.82, 2.24) is 5.32 Å². The highest BCUT2D eigenvalue weighted by Gasteiger charge is 2.27. The van der Waals surface area contributed by atoms with Gasteiger partial charge in [-0.15, -0.1) is 0 Å². The Hall–Kier alpha value is -2.28. The number of carboxylic acids is 1. The van der Waals surface area contributed by atoms with Gasteiger partial charge in [-0.05, 0) is 38.5 Å². The quantitative estimate of drug-likeness (QED) is 0.740. The van der Waals surface area contributed by atoms with Crippen molar-refractivity contribution in [2.45, 2.75) is 44.9 Å². The minimum absolute atomic E-state index is 0.507. The number of rotatable bonds is 6. The van der Waals surface area contributed by atoms with Crippen LogP contribution in [0, 0.1) is 0 Å². The molecule has 0 spiro atoms. The Labute approximate surface area is 135 Å². The minimum atomic E-state index is -1.30. The third-order valence-corrected chi connectivity index (χ3v) is 2.92. The lowest BCUT2D eigenvalue weighted by Gasteiger charge is -2.26. The van der Waals surface area contributed by atoms with E-state index in [9.17, 15) is 14.7 Å². The highest BCUT2D eigenvalue weighted by molar-refractivity contribution is 5.70. The van der Waals surface area contributed by atoms with Crippen LogP contribution in [0.25, 0.3) is 0 Å². The van der Waals surface area contributed by atoms with Gasteiger partial charge >= 0.3 is 12.1 Å². The fourth-order valence-corrected chi connectivity index (χ4v) is 1.94. The van der Waals surface area contributed by atoms with Gasteiger partial charge in [-0.2, -0.15) is 0 Å². The number of aliphatic carboxylic acids is 1. The van der Waals surface area contributed by atoms with Crippen LogP contribution in [-0.4, -0.2) is 41.1 Å². The summed E-state index contributed by atoms with van der Waals surface area (Å²) in [5.41, 5.74) is -0.155. The zero-order valence-corrected chi connectivity index (χ0v) is 13.7. The molecule has 1 rings (SSSR count). The number of methoxy groups -OCH3 is 1. The van der Waals surface area contributed by atoms with Gasteiger partial charge in [0.2, 0.25) is 0 Å². The van der Waals surface area contributed by atoms with Crippen molar-refractivity contribution in [3.05, 3.63) is 29.8 Å². The van der Waals surface area contributed by atoms with E-state index < -0.39 is 36.2 Å². The van der Waals surface area contributed by atoms with Crippen molar-refractivity contribution in [1.29, 1.82) is 0 Å². The molecule has 0 bridgehead atoms. The predicted molar refractivity (Wildman–Crippen MR) is 83.4 cm³/mol. The number of carboxylic acid groups (broad SMARTS) is 1. The molecule has 128 valence electrons. The van der Waals surface area contributed by atoms with Crippen molar-refractivity contribution >= 4 is 12.1 Å². The number of amides is 1. The average molecular weight is 325 g/mol. The molecule has 0 radical (unpaired) electrons. The maximum Gasteiger partial charge on any atom is 0.408 e. The van der Waals surface area contributed by atoms with E-state index in [2.05, 4.69) is 5.32 Å². The lowest BCUT2D eigenvalue weighted by Crippen LogP contribution is -2.40. The largest absolute Gasteiger partial charge is 0.497 e. The number of alkyl carbamates (subject to hydrolysis) is 1. The second-order valence-electron chi connectivity index (χ2n) is 6.06. The summed E-state index contributed by atoms with van der Waals surface area (Å²) in [4.78, 5) is 22.8. The number of ether oxygens (including phenoxy) is 2. The molecule has 0 aromatic heterocycles. The van der Waals surface area contributed by atoms with Gasteiger partial charge in [-0.3, -0.25) is 4.79 Å². The average Bonchev–Trinajstić information content (AvgIpc) is 2.42. The van der Waals surface area contributed by atoms with E-state index in [1.54, 1.807) is 45.0 Å². The van der Waals surface area contributed by atoms with Crippen LogP contribution in [0.2, 0.25) is 0 Å². The molecule has 0 heterocycles. The van der Waals surface area contributed by atoms with Gasteiger partial charge in [0.05, 0.1) is 25.7 Å². The predicted octanol–water partition coefficient (Wildman–Crippen LogP) is 2.10. The molecule has 0 saturated carbocycles.